The molecule has 0 saturated carbocycles. The number of furan rings is 1. The van der Waals surface area contributed by atoms with Crippen molar-refractivity contribution < 1.29 is 13.9 Å². The highest BCUT2D eigenvalue weighted by atomic mass is 79.9. The van der Waals surface area contributed by atoms with Crippen molar-refractivity contribution >= 4 is 27.3 Å². The van der Waals surface area contributed by atoms with Gasteiger partial charge in [-0.2, -0.15) is 0 Å². The summed E-state index contributed by atoms with van der Waals surface area (Å²) in [7, 11) is 0. The maximum absolute atomic E-state index is 13.1. The molecule has 1 atom stereocenters. The Bertz CT molecular complexity index is 397. The van der Waals surface area contributed by atoms with E-state index in [9.17, 15) is 9.50 Å². The zero-order valence-electron chi connectivity index (χ0n) is 6.91. The number of thiophene rings is 1. The summed E-state index contributed by atoms with van der Waals surface area (Å²) in [6.45, 7) is 0. The van der Waals surface area contributed by atoms with Gasteiger partial charge in [0.25, 0.3) is 0 Å². The Hall–Kier alpha value is -0.650. The fourth-order valence-corrected chi connectivity index (χ4v) is 2.29. The molecule has 74 valence electrons. The quantitative estimate of drug-likeness (QED) is 0.913. The van der Waals surface area contributed by atoms with Gasteiger partial charge in [-0.15, -0.1) is 11.3 Å². The van der Waals surface area contributed by atoms with E-state index in [0.29, 0.717) is 10.2 Å². The maximum atomic E-state index is 13.1. The van der Waals surface area contributed by atoms with Gasteiger partial charge in [-0.1, -0.05) is 0 Å². The largest absolute Gasteiger partial charge is 0.465 e. The molecule has 2 aromatic rings. The van der Waals surface area contributed by atoms with Crippen LogP contribution in [0.15, 0.2) is 32.7 Å². The monoisotopic (exact) mass is 276 g/mol. The SMILES string of the molecule is OC(c1occc1Br)c1sccc1F. The summed E-state index contributed by atoms with van der Waals surface area (Å²) < 4.78 is 18.8. The smallest absolute Gasteiger partial charge is 0.151 e. The van der Waals surface area contributed by atoms with E-state index in [4.69, 9.17) is 4.42 Å². The van der Waals surface area contributed by atoms with Crippen LogP contribution < -0.4 is 0 Å². The van der Waals surface area contributed by atoms with Gasteiger partial charge in [0.2, 0.25) is 0 Å². The minimum atomic E-state index is -1.04. The molecule has 0 aromatic carbocycles. The van der Waals surface area contributed by atoms with Crippen LogP contribution in [0.5, 0.6) is 0 Å². The zero-order valence-corrected chi connectivity index (χ0v) is 9.31. The fourth-order valence-electron chi connectivity index (χ4n) is 1.12. The van der Waals surface area contributed by atoms with Crippen molar-refractivity contribution in [3.8, 4) is 0 Å². The van der Waals surface area contributed by atoms with E-state index in [1.165, 1.54) is 12.3 Å². The molecule has 0 aliphatic carbocycles. The molecule has 14 heavy (non-hydrogen) atoms. The number of hydrogen-bond donors (Lipinski definition) is 1. The van der Waals surface area contributed by atoms with Crippen LogP contribution in [0.1, 0.15) is 16.7 Å². The molecule has 2 heterocycles. The summed E-state index contributed by atoms with van der Waals surface area (Å²) in [5, 5.41) is 11.4. The third-order valence-corrected chi connectivity index (χ3v) is 3.39. The number of aliphatic hydroxyl groups is 1. The topological polar surface area (TPSA) is 33.4 Å². The van der Waals surface area contributed by atoms with Gasteiger partial charge in [-0.05, 0) is 33.4 Å². The highest BCUT2D eigenvalue weighted by Crippen LogP contribution is 2.33. The summed E-state index contributed by atoms with van der Waals surface area (Å²) in [4.78, 5) is 0.264. The van der Waals surface area contributed by atoms with Gasteiger partial charge in [-0.25, -0.2) is 4.39 Å². The van der Waals surface area contributed by atoms with E-state index in [2.05, 4.69) is 15.9 Å². The van der Waals surface area contributed by atoms with Gasteiger partial charge in [0.15, 0.2) is 5.76 Å². The Morgan fingerprint density at radius 1 is 1.50 bits per heavy atom. The summed E-state index contributed by atoms with van der Waals surface area (Å²) >= 11 is 4.36. The van der Waals surface area contributed by atoms with Crippen molar-refractivity contribution in [1.29, 1.82) is 0 Å². The van der Waals surface area contributed by atoms with E-state index >= 15 is 0 Å². The number of rotatable bonds is 2. The Labute approximate surface area is 92.1 Å². The molecule has 5 heteroatoms. The molecular formula is C9H6BrFO2S. The molecule has 0 radical (unpaired) electrons. The number of aliphatic hydroxyl groups excluding tert-OH is 1. The molecule has 1 unspecified atom stereocenters. The summed E-state index contributed by atoms with van der Waals surface area (Å²) in [5.74, 6) is -0.0860. The van der Waals surface area contributed by atoms with E-state index < -0.39 is 11.9 Å². The van der Waals surface area contributed by atoms with E-state index in [0.717, 1.165) is 11.3 Å². The number of halogens is 2. The first-order chi connectivity index (χ1) is 6.70. The van der Waals surface area contributed by atoms with Crippen molar-refractivity contribution in [3.05, 3.63) is 44.7 Å². The second kappa shape index (κ2) is 3.84. The van der Waals surface area contributed by atoms with Gasteiger partial charge in [-0.3, -0.25) is 0 Å². The van der Waals surface area contributed by atoms with Gasteiger partial charge < -0.3 is 9.52 Å². The molecule has 0 aliphatic rings. The average Bonchev–Trinajstić information content (AvgIpc) is 2.73. The zero-order chi connectivity index (χ0) is 10.1. The van der Waals surface area contributed by atoms with Crippen LogP contribution >= 0.6 is 27.3 Å². The third-order valence-electron chi connectivity index (χ3n) is 1.79. The van der Waals surface area contributed by atoms with Gasteiger partial charge >= 0.3 is 0 Å². The Balaban J connectivity index is 2.38. The van der Waals surface area contributed by atoms with Crippen molar-refractivity contribution in [2.75, 3.05) is 0 Å². The fraction of sp³-hybridized carbons (Fsp3) is 0.111. The molecule has 0 amide bonds. The first-order valence-corrected chi connectivity index (χ1v) is 5.51. The van der Waals surface area contributed by atoms with E-state index in [1.54, 1.807) is 11.4 Å². The Kier molecular flexibility index (Phi) is 2.71. The van der Waals surface area contributed by atoms with E-state index in [1.807, 2.05) is 0 Å². The molecule has 1 N–H and O–H groups in total. The van der Waals surface area contributed by atoms with Crippen LogP contribution in [0.25, 0.3) is 0 Å². The van der Waals surface area contributed by atoms with Crippen molar-refractivity contribution in [2.24, 2.45) is 0 Å². The lowest BCUT2D eigenvalue weighted by atomic mass is 10.2. The second-order valence-corrected chi connectivity index (χ2v) is 4.47. The summed E-state index contributed by atoms with van der Waals surface area (Å²) in [6, 6.07) is 2.98. The molecule has 0 spiro atoms. The normalized spacial score (nSPS) is 13.1. The molecule has 2 aromatic heterocycles. The van der Waals surface area contributed by atoms with E-state index in [-0.39, 0.29) is 4.88 Å². The first-order valence-electron chi connectivity index (χ1n) is 3.84. The van der Waals surface area contributed by atoms with Crippen LogP contribution in [0.4, 0.5) is 4.39 Å². The van der Waals surface area contributed by atoms with Crippen LogP contribution in [-0.2, 0) is 0 Å². The maximum Gasteiger partial charge on any atom is 0.151 e. The lowest BCUT2D eigenvalue weighted by Crippen LogP contribution is -1.97. The van der Waals surface area contributed by atoms with Gasteiger partial charge in [0.1, 0.15) is 11.9 Å². The van der Waals surface area contributed by atoms with Gasteiger partial charge in [0, 0.05) is 0 Å². The molecule has 2 rings (SSSR count). The first kappa shape index (κ1) is 9.89. The lowest BCUT2D eigenvalue weighted by Gasteiger charge is -2.05. The second-order valence-electron chi connectivity index (χ2n) is 2.67. The standard InChI is InChI=1S/C9H6BrFO2S/c10-5-1-3-13-8(5)7(12)9-6(11)2-4-14-9/h1-4,7,12H. The highest BCUT2D eigenvalue weighted by Gasteiger charge is 2.21. The van der Waals surface area contributed by atoms with Crippen LogP contribution in [-0.4, -0.2) is 5.11 Å². The minimum Gasteiger partial charge on any atom is -0.465 e. The predicted molar refractivity (Wildman–Crippen MR) is 54.7 cm³/mol. The van der Waals surface area contributed by atoms with Crippen molar-refractivity contribution in [3.63, 3.8) is 0 Å². The molecule has 0 aliphatic heterocycles. The molecular weight excluding hydrogens is 271 g/mol. The molecule has 2 nitrogen and oxygen atoms in total. The average molecular weight is 277 g/mol. The molecule has 0 saturated heterocycles. The lowest BCUT2D eigenvalue weighted by molar-refractivity contribution is 0.187. The number of hydrogen-bond acceptors (Lipinski definition) is 3. The van der Waals surface area contributed by atoms with Crippen LogP contribution in [0.3, 0.4) is 0 Å². The molecule has 0 fully saturated rings. The van der Waals surface area contributed by atoms with Crippen LogP contribution in [0.2, 0.25) is 0 Å². The summed E-state index contributed by atoms with van der Waals surface area (Å²) in [6.07, 6.45) is 0.396. The summed E-state index contributed by atoms with van der Waals surface area (Å²) in [5.41, 5.74) is 0. The third kappa shape index (κ3) is 1.63. The molecule has 0 bridgehead atoms. The van der Waals surface area contributed by atoms with Crippen molar-refractivity contribution in [2.45, 2.75) is 6.10 Å². The van der Waals surface area contributed by atoms with Crippen molar-refractivity contribution in [1.82, 2.24) is 0 Å². The predicted octanol–water partition coefficient (Wildman–Crippen LogP) is 3.32. The van der Waals surface area contributed by atoms with Gasteiger partial charge in [0.05, 0.1) is 15.6 Å². The Morgan fingerprint density at radius 2 is 2.29 bits per heavy atom. The van der Waals surface area contributed by atoms with Crippen LogP contribution in [0, 0.1) is 5.82 Å². The Morgan fingerprint density at radius 3 is 2.79 bits per heavy atom. The minimum absolute atomic E-state index is 0.264. The highest BCUT2D eigenvalue weighted by molar-refractivity contribution is 9.10.